The Morgan fingerprint density at radius 1 is 1.09 bits per heavy atom. The molecule has 3 aromatic rings. The summed E-state index contributed by atoms with van der Waals surface area (Å²) in [5, 5.41) is 5.79. The number of nitrogens with one attached hydrogen (secondary N) is 3. The summed E-state index contributed by atoms with van der Waals surface area (Å²) in [6, 6.07) is 13.0. The van der Waals surface area contributed by atoms with Gasteiger partial charge in [-0.1, -0.05) is 18.2 Å². The third-order valence-electron chi connectivity index (χ3n) is 5.68. The van der Waals surface area contributed by atoms with Crippen molar-refractivity contribution >= 4 is 42.2 Å². The molecule has 10 heteroatoms. The number of hydrogen-bond donors (Lipinski definition) is 3. The molecule has 0 saturated carbocycles. The first-order chi connectivity index (χ1) is 15.2. The van der Waals surface area contributed by atoms with Gasteiger partial charge < -0.3 is 15.6 Å². The third kappa shape index (κ3) is 4.72. The minimum absolute atomic E-state index is 0.0390. The standard InChI is InChI=1S/C22H25N3O5S2/c1-15(26)25-17-6-8-18(9-7-17)32(29,30)22-14-31(27,28)13-21(22)23-11-10-16-12-24-20-5-3-2-4-19(16)20/h2-9,12,21-24H,10-11,13-14H2,1H3,(H,25,26)/t21-,22-/m0/s1. The molecule has 2 atom stereocenters. The third-order valence-corrected chi connectivity index (χ3v) is 9.84. The summed E-state index contributed by atoms with van der Waals surface area (Å²) in [5.41, 5.74) is 2.58. The Bertz CT molecular complexity index is 1350. The van der Waals surface area contributed by atoms with E-state index in [-0.39, 0.29) is 16.6 Å². The summed E-state index contributed by atoms with van der Waals surface area (Å²) >= 11 is 0. The molecule has 0 aliphatic carbocycles. The first-order valence-corrected chi connectivity index (χ1v) is 13.6. The highest BCUT2D eigenvalue weighted by molar-refractivity contribution is 7.96. The number of para-hydroxylation sites is 1. The highest BCUT2D eigenvalue weighted by atomic mass is 32.2. The maximum Gasteiger partial charge on any atom is 0.221 e. The predicted molar refractivity (Wildman–Crippen MR) is 124 cm³/mol. The van der Waals surface area contributed by atoms with Crippen LogP contribution < -0.4 is 10.6 Å². The van der Waals surface area contributed by atoms with E-state index in [1.54, 1.807) is 0 Å². The first-order valence-electron chi connectivity index (χ1n) is 10.3. The molecular weight excluding hydrogens is 450 g/mol. The summed E-state index contributed by atoms with van der Waals surface area (Å²) in [6.07, 6.45) is 2.56. The van der Waals surface area contributed by atoms with Crippen LogP contribution in [0, 0.1) is 0 Å². The molecule has 2 aromatic carbocycles. The summed E-state index contributed by atoms with van der Waals surface area (Å²) < 4.78 is 51.1. The smallest absolute Gasteiger partial charge is 0.221 e. The zero-order chi connectivity index (χ0) is 22.9. The number of sulfone groups is 2. The zero-order valence-corrected chi connectivity index (χ0v) is 19.2. The van der Waals surface area contributed by atoms with Gasteiger partial charge in [0.1, 0.15) is 0 Å². The van der Waals surface area contributed by atoms with Gasteiger partial charge in [-0.05, 0) is 48.9 Å². The zero-order valence-electron chi connectivity index (χ0n) is 17.5. The molecule has 2 heterocycles. The fourth-order valence-electron chi connectivity index (χ4n) is 4.15. The minimum atomic E-state index is -3.88. The van der Waals surface area contributed by atoms with Crippen molar-refractivity contribution in [2.45, 2.75) is 29.5 Å². The summed E-state index contributed by atoms with van der Waals surface area (Å²) in [7, 11) is -7.37. The normalized spacial score (nSPS) is 20.4. The quantitative estimate of drug-likeness (QED) is 0.479. The van der Waals surface area contributed by atoms with Gasteiger partial charge in [-0.25, -0.2) is 16.8 Å². The number of benzene rings is 2. The van der Waals surface area contributed by atoms with Crippen molar-refractivity contribution in [2.75, 3.05) is 23.4 Å². The topological polar surface area (TPSA) is 125 Å². The molecule has 1 aliphatic rings. The van der Waals surface area contributed by atoms with E-state index in [4.69, 9.17) is 0 Å². The number of amides is 1. The Balaban J connectivity index is 1.49. The fourth-order valence-corrected chi connectivity index (χ4v) is 8.86. The Labute approximate surface area is 187 Å². The first kappa shape index (κ1) is 22.5. The van der Waals surface area contributed by atoms with Gasteiger partial charge in [0, 0.05) is 35.8 Å². The summed E-state index contributed by atoms with van der Waals surface area (Å²) in [4.78, 5) is 14.4. The molecule has 32 heavy (non-hydrogen) atoms. The Hall–Kier alpha value is -2.69. The number of fused-ring (bicyclic) bond motifs is 1. The lowest BCUT2D eigenvalue weighted by atomic mass is 10.1. The number of carbonyl (C=O) groups is 1. The van der Waals surface area contributed by atoms with Crippen molar-refractivity contribution in [1.82, 2.24) is 10.3 Å². The molecule has 8 nitrogen and oxygen atoms in total. The van der Waals surface area contributed by atoms with Crippen LogP contribution in [0.2, 0.25) is 0 Å². The second-order valence-corrected chi connectivity index (χ2v) is 12.4. The van der Waals surface area contributed by atoms with E-state index in [9.17, 15) is 21.6 Å². The van der Waals surface area contributed by atoms with Crippen LogP contribution in [0.3, 0.4) is 0 Å². The van der Waals surface area contributed by atoms with E-state index >= 15 is 0 Å². The van der Waals surface area contributed by atoms with Gasteiger partial charge >= 0.3 is 0 Å². The van der Waals surface area contributed by atoms with E-state index < -0.39 is 36.7 Å². The van der Waals surface area contributed by atoms with Crippen LogP contribution in [0.5, 0.6) is 0 Å². The molecule has 4 rings (SSSR count). The number of aromatic amines is 1. The Morgan fingerprint density at radius 3 is 2.53 bits per heavy atom. The lowest BCUT2D eigenvalue weighted by Gasteiger charge is -2.20. The van der Waals surface area contributed by atoms with Gasteiger partial charge in [0.2, 0.25) is 5.91 Å². The number of anilines is 1. The molecule has 0 unspecified atom stereocenters. The van der Waals surface area contributed by atoms with Crippen LogP contribution in [0.4, 0.5) is 5.69 Å². The monoisotopic (exact) mass is 475 g/mol. The van der Waals surface area contributed by atoms with Gasteiger partial charge in [-0.2, -0.15) is 0 Å². The highest BCUT2D eigenvalue weighted by Gasteiger charge is 2.45. The molecule has 0 bridgehead atoms. The minimum Gasteiger partial charge on any atom is -0.361 e. The SMILES string of the molecule is CC(=O)Nc1ccc(S(=O)(=O)[C@H]2CS(=O)(=O)C[C@@H]2NCCc2c[nH]c3ccccc23)cc1. The van der Waals surface area contributed by atoms with Crippen molar-refractivity contribution in [3.8, 4) is 0 Å². The lowest BCUT2D eigenvalue weighted by Crippen LogP contribution is -2.44. The van der Waals surface area contributed by atoms with Gasteiger partial charge in [-0.15, -0.1) is 0 Å². The number of rotatable bonds is 7. The maximum absolute atomic E-state index is 13.2. The van der Waals surface area contributed by atoms with Crippen LogP contribution >= 0.6 is 0 Å². The van der Waals surface area contributed by atoms with E-state index in [0.717, 1.165) is 16.5 Å². The fraction of sp³-hybridized carbons (Fsp3) is 0.318. The lowest BCUT2D eigenvalue weighted by molar-refractivity contribution is -0.114. The molecule has 1 saturated heterocycles. The van der Waals surface area contributed by atoms with E-state index in [1.807, 2.05) is 30.5 Å². The van der Waals surface area contributed by atoms with Crippen molar-refractivity contribution in [3.63, 3.8) is 0 Å². The van der Waals surface area contributed by atoms with Crippen LogP contribution in [0.25, 0.3) is 10.9 Å². The number of hydrogen-bond acceptors (Lipinski definition) is 6. The highest BCUT2D eigenvalue weighted by Crippen LogP contribution is 2.27. The second kappa shape index (κ2) is 8.68. The van der Waals surface area contributed by atoms with Crippen LogP contribution in [-0.4, -0.2) is 57.1 Å². The molecule has 1 amide bonds. The molecule has 0 radical (unpaired) electrons. The predicted octanol–water partition coefficient (Wildman–Crippen LogP) is 1.90. The van der Waals surface area contributed by atoms with Crippen LogP contribution in [0.1, 0.15) is 12.5 Å². The molecule has 1 aliphatic heterocycles. The van der Waals surface area contributed by atoms with Gasteiger partial charge in [0.15, 0.2) is 19.7 Å². The largest absolute Gasteiger partial charge is 0.361 e. The van der Waals surface area contributed by atoms with E-state index in [0.29, 0.717) is 18.7 Å². The number of H-pyrrole nitrogens is 1. The second-order valence-electron chi connectivity index (χ2n) is 8.04. The average molecular weight is 476 g/mol. The van der Waals surface area contributed by atoms with Crippen molar-refractivity contribution in [1.29, 1.82) is 0 Å². The van der Waals surface area contributed by atoms with Crippen molar-refractivity contribution in [2.24, 2.45) is 0 Å². The average Bonchev–Trinajstić information content (AvgIpc) is 3.29. The summed E-state index contributed by atoms with van der Waals surface area (Å²) in [5.74, 6) is -0.885. The Morgan fingerprint density at radius 2 is 1.81 bits per heavy atom. The molecule has 170 valence electrons. The van der Waals surface area contributed by atoms with Crippen molar-refractivity contribution < 1.29 is 21.6 Å². The molecular formula is C22H25N3O5S2. The molecule has 0 spiro atoms. The van der Waals surface area contributed by atoms with Crippen LogP contribution in [0.15, 0.2) is 59.6 Å². The molecule has 1 fully saturated rings. The summed E-state index contributed by atoms with van der Waals surface area (Å²) in [6.45, 7) is 1.82. The van der Waals surface area contributed by atoms with Gasteiger partial charge in [-0.3, -0.25) is 4.79 Å². The van der Waals surface area contributed by atoms with Gasteiger partial charge in [0.25, 0.3) is 0 Å². The Kier molecular flexibility index (Phi) is 6.11. The molecule has 1 aromatic heterocycles. The van der Waals surface area contributed by atoms with Crippen LogP contribution in [-0.2, 0) is 30.9 Å². The van der Waals surface area contributed by atoms with E-state index in [1.165, 1.54) is 31.2 Å². The number of aromatic nitrogens is 1. The maximum atomic E-state index is 13.2. The molecule has 3 N–H and O–H groups in total. The van der Waals surface area contributed by atoms with Gasteiger partial charge in [0.05, 0.1) is 21.7 Å². The van der Waals surface area contributed by atoms with E-state index in [2.05, 4.69) is 15.6 Å². The van der Waals surface area contributed by atoms with Crippen molar-refractivity contribution in [3.05, 3.63) is 60.3 Å². The number of carbonyl (C=O) groups excluding carboxylic acids is 1.